The molecule has 1 N–H and O–H groups in total. The molecule has 0 bridgehead atoms. The molecule has 166 valence electrons. The van der Waals surface area contributed by atoms with Gasteiger partial charge in [-0.1, -0.05) is 50.6 Å². The Balaban J connectivity index is 1.50. The summed E-state index contributed by atoms with van der Waals surface area (Å²) in [7, 11) is 0. The van der Waals surface area contributed by atoms with Crippen LogP contribution in [0.3, 0.4) is 0 Å². The van der Waals surface area contributed by atoms with Crippen molar-refractivity contribution in [2.45, 2.75) is 52.0 Å². The number of amides is 2. The molecular weight excluding hydrogens is 395 g/mol. The molecule has 1 heterocycles. The van der Waals surface area contributed by atoms with Crippen LogP contribution >= 0.6 is 0 Å². The summed E-state index contributed by atoms with van der Waals surface area (Å²) in [6.45, 7) is 9.28. The highest BCUT2D eigenvalue weighted by atomic mass is 19.1. The van der Waals surface area contributed by atoms with Gasteiger partial charge in [0.2, 0.25) is 0 Å². The second kappa shape index (κ2) is 9.50. The molecule has 0 atom stereocenters. The van der Waals surface area contributed by atoms with E-state index < -0.39 is 5.82 Å². The van der Waals surface area contributed by atoms with Crippen LogP contribution in [0.25, 0.3) is 0 Å². The number of nitrogens with zero attached hydrogens (tertiary/aromatic N) is 1. The molecule has 5 nitrogen and oxygen atoms in total. The first-order valence-corrected chi connectivity index (χ1v) is 10.7. The van der Waals surface area contributed by atoms with Crippen LogP contribution in [0, 0.1) is 12.7 Å². The van der Waals surface area contributed by atoms with Crippen molar-refractivity contribution in [1.82, 2.24) is 10.2 Å². The van der Waals surface area contributed by atoms with E-state index in [9.17, 15) is 14.0 Å². The molecule has 0 unspecified atom stereocenters. The van der Waals surface area contributed by atoms with Crippen molar-refractivity contribution in [3.05, 3.63) is 65.0 Å². The predicted octanol–water partition coefficient (Wildman–Crippen LogP) is 4.23. The van der Waals surface area contributed by atoms with Gasteiger partial charge in [-0.05, 0) is 48.9 Å². The second-order valence-electron chi connectivity index (χ2n) is 9.15. The van der Waals surface area contributed by atoms with Gasteiger partial charge in [0, 0.05) is 19.1 Å². The number of hydrogen-bond donors (Lipinski definition) is 1. The standard InChI is InChI=1S/C25H31FN2O3/c1-17-9-10-22(20(15-17)25(2,3)4)31-16-23(29)27-18-11-13-28(14-12-18)24(30)19-7-5-6-8-21(19)26/h5-10,15,18H,11-14,16H2,1-4H3,(H,27,29). The minimum absolute atomic E-state index is 0.0270. The minimum atomic E-state index is -0.509. The molecule has 0 aliphatic carbocycles. The fourth-order valence-corrected chi connectivity index (χ4v) is 3.80. The molecule has 0 saturated carbocycles. The predicted molar refractivity (Wildman–Crippen MR) is 119 cm³/mol. The molecule has 6 heteroatoms. The van der Waals surface area contributed by atoms with Gasteiger partial charge < -0.3 is 15.0 Å². The molecule has 1 saturated heterocycles. The number of piperidine rings is 1. The monoisotopic (exact) mass is 426 g/mol. The molecule has 2 aromatic carbocycles. The molecule has 1 aliphatic heterocycles. The Labute approximate surface area is 183 Å². The zero-order chi connectivity index (χ0) is 22.6. The number of rotatable bonds is 5. The summed E-state index contributed by atoms with van der Waals surface area (Å²) in [6, 6.07) is 12.0. The Morgan fingerprint density at radius 3 is 2.45 bits per heavy atom. The molecule has 3 rings (SSSR count). The number of benzene rings is 2. The molecule has 1 aliphatic rings. The topological polar surface area (TPSA) is 58.6 Å². The first kappa shape index (κ1) is 22.8. The van der Waals surface area contributed by atoms with Crippen LogP contribution in [0.2, 0.25) is 0 Å². The first-order valence-electron chi connectivity index (χ1n) is 10.7. The SMILES string of the molecule is Cc1ccc(OCC(=O)NC2CCN(C(=O)c3ccccc3F)CC2)c(C(C)(C)C)c1. The minimum Gasteiger partial charge on any atom is -0.483 e. The lowest BCUT2D eigenvalue weighted by Gasteiger charge is -2.32. The van der Waals surface area contributed by atoms with Gasteiger partial charge in [-0.15, -0.1) is 0 Å². The lowest BCUT2D eigenvalue weighted by molar-refractivity contribution is -0.124. The van der Waals surface area contributed by atoms with E-state index in [0.717, 1.165) is 16.9 Å². The Kier molecular flexibility index (Phi) is 6.98. The number of nitrogens with one attached hydrogen (secondary N) is 1. The first-order chi connectivity index (χ1) is 14.6. The fourth-order valence-electron chi connectivity index (χ4n) is 3.80. The van der Waals surface area contributed by atoms with Crippen LogP contribution in [-0.2, 0) is 10.2 Å². The molecular formula is C25H31FN2O3. The number of carbonyl (C=O) groups excluding carboxylic acids is 2. The van der Waals surface area contributed by atoms with Crippen molar-refractivity contribution in [3.63, 3.8) is 0 Å². The number of ether oxygens (including phenoxy) is 1. The lowest BCUT2D eigenvalue weighted by atomic mass is 9.85. The van der Waals surface area contributed by atoms with Gasteiger partial charge in [0.25, 0.3) is 11.8 Å². The summed E-state index contributed by atoms with van der Waals surface area (Å²) in [5.74, 6) is -0.274. The number of carbonyl (C=O) groups is 2. The molecule has 0 spiro atoms. The van der Waals surface area contributed by atoms with Gasteiger partial charge in [-0.3, -0.25) is 9.59 Å². The van der Waals surface area contributed by atoms with E-state index in [1.165, 1.54) is 12.1 Å². The van der Waals surface area contributed by atoms with Crippen LogP contribution < -0.4 is 10.1 Å². The van der Waals surface area contributed by atoms with Crippen LogP contribution in [0.5, 0.6) is 5.75 Å². The average molecular weight is 427 g/mol. The maximum Gasteiger partial charge on any atom is 0.258 e. The molecule has 1 fully saturated rings. The fraction of sp³-hybridized carbons (Fsp3) is 0.440. The third-order valence-electron chi connectivity index (χ3n) is 5.55. The van der Waals surface area contributed by atoms with E-state index in [0.29, 0.717) is 25.9 Å². The number of aryl methyl sites for hydroxylation is 1. The number of hydrogen-bond acceptors (Lipinski definition) is 3. The van der Waals surface area contributed by atoms with Gasteiger partial charge in [0.15, 0.2) is 6.61 Å². The second-order valence-corrected chi connectivity index (χ2v) is 9.15. The highest BCUT2D eigenvalue weighted by molar-refractivity contribution is 5.94. The van der Waals surface area contributed by atoms with Crippen LogP contribution in [0.1, 0.15) is 55.1 Å². The third kappa shape index (κ3) is 5.84. The van der Waals surface area contributed by atoms with Gasteiger partial charge in [0.05, 0.1) is 5.56 Å². The zero-order valence-corrected chi connectivity index (χ0v) is 18.7. The maximum atomic E-state index is 13.9. The van der Waals surface area contributed by atoms with E-state index in [4.69, 9.17) is 4.74 Å². The number of halogens is 1. The largest absolute Gasteiger partial charge is 0.483 e. The summed E-state index contributed by atoms with van der Waals surface area (Å²) in [4.78, 5) is 26.6. The normalized spacial score (nSPS) is 14.9. The van der Waals surface area contributed by atoms with Crippen molar-refractivity contribution in [3.8, 4) is 5.75 Å². The zero-order valence-electron chi connectivity index (χ0n) is 18.7. The van der Waals surface area contributed by atoms with E-state index in [1.54, 1.807) is 17.0 Å². The van der Waals surface area contributed by atoms with Crippen molar-refractivity contribution in [2.24, 2.45) is 0 Å². The van der Waals surface area contributed by atoms with Crippen molar-refractivity contribution in [1.29, 1.82) is 0 Å². The summed E-state index contributed by atoms with van der Waals surface area (Å²) < 4.78 is 19.7. The summed E-state index contributed by atoms with van der Waals surface area (Å²) >= 11 is 0. The Morgan fingerprint density at radius 2 is 1.81 bits per heavy atom. The number of likely N-dealkylation sites (tertiary alicyclic amines) is 1. The smallest absolute Gasteiger partial charge is 0.258 e. The van der Waals surface area contributed by atoms with E-state index in [2.05, 4.69) is 32.2 Å². The lowest BCUT2D eigenvalue weighted by Crippen LogP contribution is -2.47. The van der Waals surface area contributed by atoms with Gasteiger partial charge >= 0.3 is 0 Å². The van der Waals surface area contributed by atoms with Crippen LogP contribution in [-0.4, -0.2) is 42.5 Å². The third-order valence-corrected chi connectivity index (χ3v) is 5.55. The van der Waals surface area contributed by atoms with Crippen LogP contribution in [0.4, 0.5) is 4.39 Å². The van der Waals surface area contributed by atoms with Gasteiger partial charge in [-0.25, -0.2) is 4.39 Å². The summed E-state index contributed by atoms with van der Waals surface area (Å²) in [5.41, 5.74) is 2.22. The van der Waals surface area contributed by atoms with E-state index in [1.807, 2.05) is 19.1 Å². The van der Waals surface area contributed by atoms with Crippen LogP contribution in [0.15, 0.2) is 42.5 Å². The van der Waals surface area contributed by atoms with Gasteiger partial charge in [0.1, 0.15) is 11.6 Å². The Morgan fingerprint density at radius 1 is 1.13 bits per heavy atom. The van der Waals surface area contributed by atoms with E-state index >= 15 is 0 Å². The quantitative estimate of drug-likeness (QED) is 0.778. The van der Waals surface area contributed by atoms with Crippen molar-refractivity contribution < 1.29 is 18.7 Å². The molecule has 0 radical (unpaired) electrons. The molecule has 2 amide bonds. The molecule has 2 aromatic rings. The summed E-state index contributed by atoms with van der Waals surface area (Å²) in [5, 5.41) is 2.99. The molecule has 31 heavy (non-hydrogen) atoms. The average Bonchev–Trinajstić information content (AvgIpc) is 2.72. The Bertz CT molecular complexity index is 944. The van der Waals surface area contributed by atoms with Gasteiger partial charge in [-0.2, -0.15) is 0 Å². The van der Waals surface area contributed by atoms with E-state index in [-0.39, 0.29) is 35.4 Å². The molecule has 0 aromatic heterocycles. The Hall–Kier alpha value is -2.89. The highest BCUT2D eigenvalue weighted by Gasteiger charge is 2.26. The van der Waals surface area contributed by atoms with Crippen molar-refractivity contribution in [2.75, 3.05) is 19.7 Å². The maximum absolute atomic E-state index is 13.9. The van der Waals surface area contributed by atoms with Crippen molar-refractivity contribution >= 4 is 11.8 Å². The summed E-state index contributed by atoms with van der Waals surface area (Å²) in [6.07, 6.45) is 1.26. The highest BCUT2D eigenvalue weighted by Crippen LogP contribution is 2.32.